The van der Waals surface area contributed by atoms with E-state index in [4.69, 9.17) is 0 Å². The van der Waals surface area contributed by atoms with Gasteiger partial charge in [-0.05, 0) is 41.4 Å². The predicted molar refractivity (Wildman–Crippen MR) is 66.8 cm³/mol. The van der Waals surface area contributed by atoms with Crippen molar-refractivity contribution in [3.8, 4) is 0 Å². The van der Waals surface area contributed by atoms with Gasteiger partial charge in [0.15, 0.2) is 5.78 Å². The summed E-state index contributed by atoms with van der Waals surface area (Å²) in [6, 6.07) is 0. The van der Waals surface area contributed by atoms with Crippen molar-refractivity contribution in [2.75, 3.05) is 0 Å². The molecule has 15 heavy (non-hydrogen) atoms. The number of halogens is 1. The minimum absolute atomic E-state index is 0.0304. The first-order valence-electron chi connectivity index (χ1n) is 5.35. The Morgan fingerprint density at radius 3 is 2.87 bits per heavy atom. The lowest BCUT2D eigenvalue weighted by Gasteiger charge is -2.00. The Morgan fingerprint density at radius 2 is 2.33 bits per heavy atom. The normalized spacial score (nSPS) is 16.0. The number of ketones is 1. The third kappa shape index (κ3) is 2.59. The maximum atomic E-state index is 11.8. The van der Waals surface area contributed by atoms with Crippen LogP contribution in [-0.4, -0.2) is 15.6 Å². The van der Waals surface area contributed by atoms with Crippen molar-refractivity contribution < 1.29 is 4.79 Å². The molecule has 0 bridgehead atoms. The Balaban J connectivity index is 2.16. The lowest BCUT2D eigenvalue weighted by atomic mass is 10.1. The van der Waals surface area contributed by atoms with Crippen molar-refractivity contribution >= 4 is 28.4 Å². The molecule has 0 aromatic carbocycles. The Labute approximate surface area is 103 Å². The summed E-state index contributed by atoms with van der Waals surface area (Å²) in [4.78, 5) is 11.8. The maximum absolute atomic E-state index is 11.8. The zero-order valence-electron chi connectivity index (χ0n) is 9.03. The smallest absolute Gasteiger partial charge is 0.186 e. The first kappa shape index (κ1) is 11.1. The van der Waals surface area contributed by atoms with E-state index in [1.54, 1.807) is 0 Å². The van der Waals surface area contributed by atoms with Gasteiger partial charge in [-0.1, -0.05) is 13.8 Å². The molecular formula is C11H15IN2O. The molecule has 0 amide bonds. The van der Waals surface area contributed by atoms with Crippen LogP contribution in [0.4, 0.5) is 0 Å². The highest BCUT2D eigenvalue weighted by Crippen LogP contribution is 2.30. The topological polar surface area (TPSA) is 34.9 Å². The number of hydrogen-bond acceptors (Lipinski definition) is 2. The minimum Gasteiger partial charge on any atom is -0.292 e. The van der Waals surface area contributed by atoms with Crippen molar-refractivity contribution in [3.05, 3.63) is 15.5 Å². The van der Waals surface area contributed by atoms with E-state index in [0.717, 1.165) is 16.0 Å². The van der Waals surface area contributed by atoms with Crippen LogP contribution in [0, 0.1) is 15.4 Å². The maximum Gasteiger partial charge on any atom is 0.186 e. The van der Waals surface area contributed by atoms with Crippen LogP contribution in [0.25, 0.3) is 0 Å². The number of aromatic nitrogens is 2. The molecule has 1 heterocycles. The lowest BCUT2D eigenvalue weighted by Crippen LogP contribution is -2.10. The lowest BCUT2D eigenvalue weighted by molar-refractivity contribution is 0.0932. The molecule has 1 aromatic heterocycles. The van der Waals surface area contributed by atoms with E-state index in [1.807, 2.05) is 24.7 Å². The molecule has 0 radical (unpaired) electrons. The van der Waals surface area contributed by atoms with Gasteiger partial charge in [0.25, 0.3) is 0 Å². The van der Waals surface area contributed by atoms with Crippen LogP contribution in [0.1, 0.15) is 37.2 Å². The summed E-state index contributed by atoms with van der Waals surface area (Å²) < 4.78 is 2.90. The summed E-state index contributed by atoms with van der Waals surface area (Å²) in [7, 11) is 0. The number of carbonyl (C=O) groups excluding carboxylic acids is 1. The Bertz CT molecular complexity index is 380. The van der Waals surface area contributed by atoms with Gasteiger partial charge in [-0.15, -0.1) is 0 Å². The van der Waals surface area contributed by atoms with Gasteiger partial charge in [-0.2, -0.15) is 5.10 Å². The quantitative estimate of drug-likeness (QED) is 0.632. The minimum atomic E-state index is 0.0304. The van der Waals surface area contributed by atoms with E-state index in [2.05, 4.69) is 27.7 Å². The van der Waals surface area contributed by atoms with Crippen LogP contribution >= 0.6 is 22.6 Å². The molecule has 1 aromatic rings. The average Bonchev–Trinajstić information content (AvgIpc) is 2.89. The fourth-order valence-corrected chi connectivity index (χ4v) is 2.19. The number of hydrogen-bond donors (Lipinski definition) is 0. The molecule has 1 saturated carbocycles. The second-order valence-electron chi connectivity index (χ2n) is 4.51. The van der Waals surface area contributed by atoms with Crippen LogP contribution in [0.5, 0.6) is 0 Å². The van der Waals surface area contributed by atoms with Crippen molar-refractivity contribution in [1.82, 2.24) is 9.78 Å². The third-order valence-electron chi connectivity index (χ3n) is 2.62. The van der Waals surface area contributed by atoms with E-state index in [9.17, 15) is 4.79 Å². The Morgan fingerprint density at radius 1 is 1.67 bits per heavy atom. The zero-order valence-corrected chi connectivity index (χ0v) is 11.2. The summed E-state index contributed by atoms with van der Waals surface area (Å²) in [5.74, 6) is 0.972. The van der Waals surface area contributed by atoms with Crippen LogP contribution in [0.2, 0.25) is 0 Å². The van der Waals surface area contributed by atoms with Gasteiger partial charge in [0.2, 0.25) is 0 Å². The van der Waals surface area contributed by atoms with E-state index in [-0.39, 0.29) is 11.7 Å². The SMILES string of the molecule is CC(C)C(=O)c1nn(CC2CC2)cc1I. The van der Waals surface area contributed by atoms with Crippen molar-refractivity contribution in [2.45, 2.75) is 33.2 Å². The monoisotopic (exact) mass is 318 g/mol. The van der Waals surface area contributed by atoms with Gasteiger partial charge in [-0.25, -0.2) is 0 Å². The van der Waals surface area contributed by atoms with Gasteiger partial charge in [0, 0.05) is 18.7 Å². The molecule has 1 fully saturated rings. The molecule has 0 N–H and O–H groups in total. The average molecular weight is 318 g/mol. The van der Waals surface area contributed by atoms with Gasteiger partial charge in [-0.3, -0.25) is 9.48 Å². The highest BCUT2D eigenvalue weighted by Gasteiger charge is 2.24. The van der Waals surface area contributed by atoms with E-state index >= 15 is 0 Å². The van der Waals surface area contributed by atoms with Crippen molar-refractivity contribution in [2.24, 2.45) is 11.8 Å². The molecule has 0 aliphatic heterocycles. The summed E-state index contributed by atoms with van der Waals surface area (Å²) >= 11 is 2.19. The number of Topliss-reactive ketones (excluding diaryl/α,β-unsaturated/α-hetero) is 1. The second kappa shape index (κ2) is 4.23. The number of rotatable bonds is 4. The van der Waals surface area contributed by atoms with Crippen LogP contribution in [0.15, 0.2) is 6.20 Å². The number of nitrogens with zero attached hydrogens (tertiary/aromatic N) is 2. The van der Waals surface area contributed by atoms with Gasteiger partial charge in [0.05, 0.1) is 3.57 Å². The summed E-state index contributed by atoms with van der Waals surface area (Å²) in [6.07, 6.45) is 4.60. The highest BCUT2D eigenvalue weighted by molar-refractivity contribution is 14.1. The van der Waals surface area contributed by atoms with Crippen LogP contribution < -0.4 is 0 Å². The molecule has 0 spiro atoms. The van der Waals surface area contributed by atoms with Crippen LogP contribution in [0.3, 0.4) is 0 Å². The molecule has 82 valence electrons. The highest BCUT2D eigenvalue weighted by atomic mass is 127. The fourth-order valence-electron chi connectivity index (χ4n) is 1.50. The number of carbonyl (C=O) groups is 1. The molecule has 4 heteroatoms. The molecule has 3 nitrogen and oxygen atoms in total. The summed E-state index contributed by atoms with van der Waals surface area (Å²) in [5, 5.41) is 4.37. The molecular weight excluding hydrogens is 303 g/mol. The van der Waals surface area contributed by atoms with Gasteiger partial charge >= 0.3 is 0 Å². The van der Waals surface area contributed by atoms with Crippen molar-refractivity contribution in [1.29, 1.82) is 0 Å². The Kier molecular flexibility index (Phi) is 3.13. The molecule has 0 saturated heterocycles. The molecule has 1 aliphatic carbocycles. The molecule has 0 atom stereocenters. The van der Waals surface area contributed by atoms with Gasteiger partial charge < -0.3 is 0 Å². The van der Waals surface area contributed by atoms with Crippen molar-refractivity contribution in [3.63, 3.8) is 0 Å². The summed E-state index contributed by atoms with van der Waals surface area (Å²) in [5.41, 5.74) is 0.645. The third-order valence-corrected chi connectivity index (χ3v) is 3.41. The summed E-state index contributed by atoms with van der Waals surface area (Å²) in [6.45, 7) is 4.80. The standard InChI is InChI=1S/C11H15IN2O/c1-7(2)11(15)10-9(12)6-14(13-10)5-8-3-4-8/h6-8H,3-5H2,1-2H3. The first-order valence-corrected chi connectivity index (χ1v) is 6.43. The van der Waals surface area contributed by atoms with E-state index < -0.39 is 0 Å². The molecule has 1 aliphatic rings. The predicted octanol–water partition coefficient (Wildman–Crippen LogP) is 2.74. The van der Waals surface area contributed by atoms with E-state index in [0.29, 0.717) is 5.69 Å². The van der Waals surface area contributed by atoms with Gasteiger partial charge in [0.1, 0.15) is 5.69 Å². The van der Waals surface area contributed by atoms with Crippen LogP contribution in [-0.2, 0) is 6.54 Å². The first-order chi connectivity index (χ1) is 7.08. The second-order valence-corrected chi connectivity index (χ2v) is 5.67. The fraction of sp³-hybridized carbons (Fsp3) is 0.636. The molecule has 2 rings (SSSR count). The zero-order chi connectivity index (χ0) is 11.0. The largest absolute Gasteiger partial charge is 0.292 e. The Hall–Kier alpha value is -0.390. The molecule has 0 unspecified atom stereocenters. The van der Waals surface area contributed by atoms with E-state index in [1.165, 1.54) is 12.8 Å².